The predicted octanol–water partition coefficient (Wildman–Crippen LogP) is 3.84. The first-order valence-electron chi connectivity index (χ1n) is 10.3. The second kappa shape index (κ2) is 8.90. The van der Waals surface area contributed by atoms with E-state index >= 15 is 0 Å². The van der Waals surface area contributed by atoms with E-state index < -0.39 is 0 Å². The highest BCUT2D eigenvalue weighted by Gasteiger charge is 2.26. The van der Waals surface area contributed by atoms with E-state index in [0.29, 0.717) is 5.82 Å². The highest BCUT2D eigenvalue weighted by Crippen LogP contribution is 2.30. The Morgan fingerprint density at radius 1 is 1.07 bits per heavy atom. The first-order chi connectivity index (χ1) is 14.7. The normalized spacial score (nSPS) is 16.3. The Hall–Kier alpha value is -3.48. The largest absolute Gasteiger partial charge is 0.353 e. The van der Waals surface area contributed by atoms with Crippen molar-refractivity contribution in [3.63, 3.8) is 0 Å². The van der Waals surface area contributed by atoms with Gasteiger partial charge in [-0.25, -0.2) is 0 Å². The van der Waals surface area contributed by atoms with Crippen LogP contribution in [0.4, 0.5) is 0 Å². The maximum atomic E-state index is 12.1. The van der Waals surface area contributed by atoms with Crippen molar-refractivity contribution in [2.75, 3.05) is 7.05 Å². The van der Waals surface area contributed by atoms with Crippen LogP contribution in [0.2, 0.25) is 0 Å². The van der Waals surface area contributed by atoms with Gasteiger partial charge in [-0.15, -0.1) is 10.2 Å². The van der Waals surface area contributed by atoms with Crippen LogP contribution in [-0.2, 0) is 11.3 Å². The summed E-state index contributed by atoms with van der Waals surface area (Å²) in [7, 11) is 1.89. The van der Waals surface area contributed by atoms with Crippen molar-refractivity contribution in [3.05, 3.63) is 66.4 Å². The van der Waals surface area contributed by atoms with Crippen molar-refractivity contribution >= 4 is 5.91 Å². The fourth-order valence-corrected chi connectivity index (χ4v) is 3.86. The molecular weight excluding hydrogens is 376 g/mol. The number of carbonyl (C=O) groups is 1. The number of aromatic nitrogens is 4. The van der Waals surface area contributed by atoms with E-state index in [2.05, 4.69) is 62.8 Å². The second-order valence-corrected chi connectivity index (χ2v) is 7.54. The van der Waals surface area contributed by atoms with Crippen LogP contribution in [0, 0.1) is 0 Å². The monoisotopic (exact) mass is 402 g/mol. The van der Waals surface area contributed by atoms with Crippen molar-refractivity contribution in [1.29, 1.82) is 0 Å². The number of amides is 1. The molecule has 2 aromatic carbocycles. The summed E-state index contributed by atoms with van der Waals surface area (Å²) in [6.45, 7) is 2.94. The molecule has 3 aromatic rings. The Morgan fingerprint density at radius 2 is 1.83 bits per heavy atom. The first-order valence-corrected chi connectivity index (χ1v) is 10.3. The van der Waals surface area contributed by atoms with E-state index in [-0.39, 0.29) is 12.1 Å². The summed E-state index contributed by atoms with van der Waals surface area (Å²) >= 11 is 0. The number of likely N-dealkylation sites (N-methyl/N-ethyl adjacent to an activating group) is 1. The molecule has 1 atom stereocenters. The average molecular weight is 403 g/mol. The van der Waals surface area contributed by atoms with Crippen LogP contribution in [0.25, 0.3) is 22.5 Å². The summed E-state index contributed by atoms with van der Waals surface area (Å²) in [6, 6.07) is 16.6. The highest BCUT2D eigenvalue weighted by molar-refractivity contribution is 5.88. The molecule has 1 N–H and O–H groups in total. The van der Waals surface area contributed by atoms with Crippen LogP contribution >= 0.6 is 0 Å². The number of nitrogens with zero attached hydrogens (tertiary/aromatic N) is 5. The standard InChI is InChI=1S/C23H26N6O/c1-3-4-9-21-28(2)22(30)14-15-29(21)16-17-10-12-18(13-11-17)19-7-5-6-8-20(19)23-24-26-27-25-23/h5-8,10-15,21H,3-4,9,16H2,1-2H3,(H,24,25,26,27). The van der Waals surface area contributed by atoms with Crippen LogP contribution < -0.4 is 0 Å². The van der Waals surface area contributed by atoms with Crippen molar-refractivity contribution in [3.8, 4) is 22.5 Å². The lowest BCUT2D eigenvalue weighted by Gasteiger charge is -2.40. The Balaban J connectivity index is 1.55. The lowest BCUT2D eigenvalue weighted by atomic mass is 9.98. The summed E-state index contributed by atoms with van der Waals surface area (Å²) < 4.78 is 0. The molecule has 4 rings (SSSR count). The molecule has 0 saturated carbocycles. The second-order valence-electron chi connectivity index (χ2n) is 7.54. The van der Waals surface area contributed by atoms with Gasteiger partial charge in [0.25, 0.3) is 0 Å². The molecule has 1 aliphatic heterocycles. The van der Waals surface area contributed by atoms with E-state index in [1.54, 1.807) is 6.08 Å². The number of rotatable bonds is 7. The van der Waals surface area contributed by atoms with Gasteiger partial charge >= 0.3 is 0 Å². The van der Waals surface area contributed by atoms with Crippen molar-refractivity contribution in [2.24, 2.45) is 0 Å². The number of hydrogen-bond acceptors (Lipinski definition) is 5. The van der Waals surface area contributed by atoms with Gasteiger partial charge < -0.3 is 9.80 Å². The molecule has 30 heavy (non-hydrogen) atoms. The van der Waals surface area contributed by atoms with Gasteiger partial charge in [-0.1, -0.05) is 61.9 Å². The fourth-order valence-electron chi connectivity index (χ4n) is 3.86. The number of benzene rings is 2. The average Bonchev–Trinajstić information content (AvgIpc) is 3.31. The minimum absolute atomic E-state index is 0.0702. The maximum absolute atomic E-state index is 12.1. The van der Waals surface area contributed by atoms with Crippen molar-refractivity contribution in [2.45, 2.75) is 38.9 Å². The summed E-state index contributed by atoms with van der Waals surface area (Å²) in [6.07, 6.45) is 6.86. The molecule has 0 bridgehead atoms. The fraction of sp³-hybridized carbons (Fsp3) is 0.304. The zero-order valence-electron chi connectivity index (χ0n) is 17.3. The molecule has 0 fully saturated rings. The first kappa shape index (κ1) is 19.8. The molecule has 1 aliphatic rings. The van der Waals surface area contributed by atoms with E-state index in [0.717, 1.165) is 42.5 Å². The molecule has 0 spiro atoms. The summed E-state index contributed by atoms with van der Waals surface area (Å²) in [5.74, 6) is 0.653. The number of tetrazole rings is 1. The quantitative estimate of drug-likeness (QED) is 0.650. The maximum Gasteiger partial charge on any atom is 0.249 e. The Kier molecular flexibility index (Phi) is 5.88. The summed E-state index contributed by atoms with van der Waals surface area (Å²) in [5.41, 5.74) is 4.31. The lowest BCUT2D eigenvalue weighted by Crippen LogP contribution is -2.49. The topological polar surface area (TPSA) is 78.0 Å². The van der Waals surface area contributed by atoms with Crippen LogP contribution in [0.15, 0.2) is 60.8 Å². The van der Waals surface area contributed by atoms with Crippen LogP contribution in [0.5, 0.6) is 0 Å². The zero-order valence-corrected chi connectivity index (χ0v) is 17.3. The molecule has 1 unspecified atom stereocenters. The van der Waals surface area contributed by atoms with Gasteiger partial charge in [-0.05, 0) is 34.7 Å². The number of nitrogens with one attached hydrogen (secondary N) is 1. The third-order valence-corrected chi connectivity index (χ3v) is 5.55. The summed E-state index contributed by atoms with van der Waals surface area (Å²) in [5, 5.41) is 14.4. The predicted molar refractivity (Wildman–Crippen MR) is 116 cm³/mol. The van der Waals surface area contributed by atoms with E-state index in [9.17, 15) is 4.79 Å². The summed E-state index contributed by atoms with van der Waals surface area (Å²) in [4.78, 5) is 16.2. The minimum atomic E-state index is 0.0702. The molecule has 7 nitrogen and oxygen atoms in total. The smallest absolute Gasteiger partial charge is 0.249 e. The number of aromatic amines is 1. The van der Waals surface area contributed by atoms with Crippen molar-refractivity contribution in [1.82, 2.24) is 30.4 Å². The Bertz CT molecular complexity index is 1010. The van der Waals surface area contributed by atoms with Gasteiger partial charge in [0.2, 0.25) is 11.7 Å². The Morgan fingerprint density at radius 3 is 2.53 bits per heavy atom. The van der Waals surface area contributed by atoms with Crippen LogP contribution in [0.3, 0.4) is 0 Å². The molecule has 2 heterocycles. The molecule has 0 aliphatic carbocycles. The molecule has 0 radical (unpaired) electrons. The third-order valence-electron chi connectivity index (χ3n) is 5.55. The molecular formula is C23H26N6O. The van der Waals surface area contributed by atoms with Crippen LogP contribution in [-0.4, -0.2) is 49.5 Å². The SMILES string of the molecule is CCCCC1N(Cc2ccc(-c3ccccc3-c3nn[nH]n3)cc2)C=CC(=O)N1C. The van der Waals surface area contributed by atoms with E-state index in [4.69, 9.17) is 0 Å². The number of unbranched alkanes of at least 4 members (excludes halogenated alkanes) is 1. The highest BCUT2D eigenvalue weighted by atomic mass is 16.2. The van der Waals surface area contributed by atoms with Crippen LogP contribution in [0.1, 0.15) is 31.7 Å². The van der Waals surface area contributed by atoms with Gasteiger partial charge in [0.15, 0.2) is 0 Å². The van der Waals surface area contributed by atoms with Gasteiger partial charge in [0.1, 0.15) is 6.17 Å². The van der Waals surface area contributed by atoms with Crippen molar-refractivity contribution < 1.29 is 4.79 Å². The number of carbonyl (C=O) groups excluding carboxylic acids is 1. The van der Waals surface area contributed by atoms with Gasteiger partial charge in [0.05, 0.1) is 0 Å². The molecule has 154 valence electrons. The van der Waals surface area contributed by atoms with Gasteiger partial charge in [-0.3, -0.25) is 4.79 Å². The molecule has 1 aromatic heterocycles. The van der Waals surface area contributed by atoms with E-state index in [1.165, 1.54) is 5.56 Å². The minimum Gasteiger partial charge on any atom is -0.353 e. The molecule has 0 saturated heterocycles. The van der Waals surface area contributed by atoms with Gasteiger partial charge in [-0.2, -0.15) is 5.21 Å². The van der Waals surface area contributed by atoms with E-state index in [1.807, 2.05) is 36.3 Å². The number of hydrogen-bond donors (Lipinski definition) is 1. The number of H-pyrrole nitrogens is 1. The Labute approximate surface area is 176 Å². The molecule has 7 heteroatoms. The lowest BCUT2D eigenvalue weighted by molar-refractivity contribution is -0.131. The third kappa shape index (κ3) is 4.10. The molecule has 1 amide bonds. The zero-order chi connectivity index (χ0) is 20.9. The van der Waals surface area contributed by atoms with Gasteiger partial charge in [0, 0.05) is 31.4 Å².